The summed E-state index contributed by atoms with van der Waals surface area (Å²) in [6, 6.07) is 44.6. The molecule has 7 atom stereocenters. The van der Waals surface area contributed by atoms with Crippen LogP contribution in [0.4, 0.5) is 0 Å². The average Bonchev–Trinajstić information content (AvgIpc) is 3.51. The van der Waals surface area contributed by atoms with E-state index in [9.17, 15) is 5.11 Å². The summed E-state index contributed by atoms with van der Waals surface area (Å²) in [6.07, 6.45) is -4.92. The molecule has 2 heterocycles. The summed E-state index contributed by atoms with van der Waals surface area (Å²) in [6.45, 7) is 5.52. The van der Waals surface area contributed by atoms with Gasteiger partial charge in [0, 0.05) is 0 Å². The third kappa shape index (κ3) is 10.4. The van der Waals surface area contributed by atoms with Crippen molar-refractivity contribution in [2.24, 2.45) is 0 Å². The smallest absolute Gasteiger partial charge is 0.186 e. The molecule has 284 valence electrons. The number of fused-ring (bicyclic) bond motifs is 2. The molecule has 2 saturated heterocycles. The largest absolute Gasteiger partial charge is 0.385 e. The Labute approximate surface area is 317 Å². The monoisotopic (exact) mass is 734 g/mol. The summed E-state index contributed by atoms with van der Waals surface area (Å²) >= 11 is 0. The second-order valence-electron chi connectivity index (χ2n) is 14.3. The summed E-state index contributed by atoms with van der Waals surface area (Å²) in [4.78, 5) is 0. The molecule has 2 fully saturated rings. The minimum atomic E-state index is -1.02. The van der Waals surface area contributed by atoms with E-state index in [0.717, 1.165) is 27.6 Å². The van der Waals surface area contributed by atoms with Crippen LogP contribution in [0.5, 0.6) is 0 Å². The second kappa shape index (κ2) is 18.6. The molecule has 9 nitrogen and oxygen atoms in total. The molecule has 4 unspecified atom stereocenters. The lowest BCUT2D eigenvalue weighted by Crippen LogP contribution is -2.50. The quantitative estimate of drug-likeness (QED) is 0.0991. The van der Waals surface area contributed by atoms with Crippen LogP contribution in [-0.4, -0.2) is 73.6 Å². The van der Waals surface area contributed by atoms with E-state index < -0.39 is 48.7 Å². The lowest BCUT2D eigenvalue weighted by molar-refractivity contribution is -0.300. The van der Waals surface area contributed by atoms with Crippen LogP contribution in [0.15, 0.2) is 133 Å². The highest BCUT2D eigenvalue weighted by atomic mass is 16.8. The van der Waals surface area contributed by atoms with Crippen molar-refractivity contribution >= 4 is 10.8 Å². The summed E-state index contributed by atoms with van der Waals surface area (Å²) in [5, 5.41) is 13.6. The number of ether oxygens (including phenoxy) is 8. The average molecular weight is 735 g/mol. The van der Waals surface area contributed by atoms with Gasteiger partial charge in [-0.05, 0) is 52.9 Å². The molecular weight excluding hydrogens is 684 g/mol. The van der Waals surface area contributed by atoms with Gasteiger partial charge in [0.25, 0.3) is 0 Å². The van der Waals surface area contributed by atoms with Crippen LogP contribution in [0.3, 0.4) is 0 Å². The number of aliphatic hydroxyl groups is 1. The van der Waals surface area contributed by atoms with E-state index >= 15 is 0 Å². The molecule has 7 rings (SSSR count). The van der Waals surface area contributed by atoms with Crippen molar-refractivity contribution in [3.8, 4) is 0 Å². The molecular formula is C45H50O9. The van der Waals surface area contributed by atoms with Gasteiger partial charge in [0.2, 0.25) is 0 Å². The maximum absolute atomic E-state index is 11.3. The first-order valence-corrected chi connectivity index (χ1v) is 18.7. The first-order valence-electron chi connectivity index (χ1n) is 18.7. The van der Waals surface area contributed by atoms with Gasteiger partial charge in [-0.15, -0.1) is 0 Å². The van der Waals surface area contributed by atoms with Crippen molar-refractivity contribution in [2.45, 2.75) is 89.0 Å². The Balaban J connectivity index is 1.14. The molecule has 0 bridgehead atoms. The van der Waals surface area contributed by atoms with Crippen molar-refractivity contribution in [1.82, 2.24) is 0 Å². The van der Waals surface area contributed by atoms with E-state index in [1.165, 1.54) is 5.39 Å². The van der Waals surface area contributed by atoms with Crippen LogP contribution in [0.1, 0.15) is 36.1 Å². The van der Waals surface area contributed by atoms with Gasteiger partial charge in [-0.2, -0.15) is 0 Å². The molecule has 1 N–H and O–H groups in total. The van der Waals surface area contributed by atoms with Gasteiger partial charge in [-0.1, -0.05) is 127 Å². The maximum atomic E-state index is 11.3. The van der Waals surface area contributed by atoms with Gasteiger partial charge >= 0.3 is 0 Å². The van der Waals surface area contributed by atoms with Crippen molar-refractivity contribution in [2.75, 3.05) is 19.8 Å². The van der Waals surface area contributed by atoms with Crippen LogP contribution < -0.4 is 0 Å². The third-order valence-electron chi connectivity index (χ3n) is 9.73. The molecule has 0 radical (unpaired) electrons. The zero-order chi connectivity index (χ0) is 37.2. The first kappa shape index (κ1) is 38.3. The Morgan fingerprint density at radius 1 is 0.630 bits per heavy atom. The van der Waals surface area contributed by atoms with E-state index in [-0.39, 0.29) is 19.8 Å². The van der Waals surface area contributed by atoms with Crippen molar-refractivity contribution < 1.29 is 43.0 Å². The zero-order valence-corrected chi connectivity index (χ0v) is 30.9. The molecule has 0 amide bonds. The van der Waals surface area contributed by atoms with E-state index in [4.69, 9.17) is 37.9 Å². The lowest BCUT2D eigenvalue weighted by Gasteiger charge is -2.37. The van der Waals surface area contributed by atoms with Gasteiger partial charge in [0.05, 0.1) is 46.2 Å². The molecule has 2 aliphatic heterocycles. The molecule has 54 heavy (non-hydrogen) atoms. The van der Waals surface area contributed by atoms with E-state index in [0.29, 0.717) is 26.4 Å². The summed E-state index contributed by atoms with van der Waals surface area (Å²) < 4.78 is 51.0. The highest BCUT2D eigenvalue weighted by Crippen LogP contribution is 2.34. The summed E-state index contributed by atoms with van der Waals surface area (Å²) in [5.41, 5.74) is 4.07. The number of rotatable bonds is 18. The van der Waals surface area contributed by atoms with E-state index in [1.54, 1.807) is 0 Å². The van der Waals surface area contributed by atoms with E-state index in [1.807, 2.05) is 117 Å². The number of benzene rings is 5. The van der Waals surface area contributed by atoms with Crippen LogP contribution in [0, 0.1) is 0 Å². The summed E-state index contributed by atoms with van der Waals surface area (Å²) in [5.74, 6) is -0.839. The molecule has 2 aliphatic rings. The maximum Gasteiger partial charge on any atom is 0.186 e. The Morgan fingerprint density at radius 3 is 1.81 bits per heavy atom. The fourth-order valence-electron chi connectivity index (χ4n) is 6.83. The molecule has 9 heteroatoms. The molecule has 0 aromatic heterocycles. The number of hydrogen-bond acceptors (Lipinski definition) is 9. The SMILES string of the molecule is CC1(C)OC[C@H]2O[C@@H](OCC(OCc3ccccc3)C(OCc3ccccc3)C(COCc3ccc4ccccc4c3)OCc3ccccc3)[C@H](O)C2O1. The predicted molar refractivity (Wildman–Crippen MR) is 204 cm³/mol. The molecule has 0 aliphatic carbocycles. The van der Waals surface area contributed by atoms with Crippen molar-refractivity contribution in [3.05, 3.63) is 156 Å². The topological polar surface area (TPSA) is 94.1 Å². The normalized spacial score (nSPS) is 22.4. The van der Waals surface area contributed by atoms with Gasteiger partial charge in [0.1, 0.15) is 36.6 Å². The minimum Gasteiger partial charge on any atom is -0.385 e. The minimum absolute atomic E-state index is 0.0353. The van der Waals surface area contributed by atoms with E-state index in [2.05, 4.69) is 30.3 Å². The van der Waals surface area contributed by atoms with Crippen LogP contribution in [0.2, 0.25) is 0 Å². The Kier molecular flexibility index (Phi) is 13.2. The second-order valence-corrected chi connectivity index (χ2v) is 14.3. The molecule has 5 aromatic rings. The van der Waals surface area contributed by atoms with Crippen LogP contribution in [-0.2, 0) is 64.3 Å². The van der Waals surface area contributed by atoms with Gasteiger partial charge in [-0.3, -0.25) is 0 Å². The molecule has 0 saturated carbocycles. The summed E-state index contributed by atoms with van der Waals surface area (Å²) in [7, 11) is 0. The van der Waals surface area contributed by atoms with Crippen LogP contribution >= 0.6 is 0 Å². The van der Waals surface area contributed by atoms with Crippen molar-refractivity contribution in [1.29, 1.82) is 0 Å². The highest BCUT2D eigenvalue weighted by Gasteiger charge is 2.51. The standard InChI is InChI=1S/C45H50O9/c1-45(2)52-31-40-43(54-45)41(46)44(53-40)51-30-39(49-27-33-16-8-4-9-17-33)42(50-28-34-18-10-5-11-19-34)38(48-26-32-14-6-3-7-15-32)29-47-25-35-22-23-36-20-12-13-21-37(36)24-35/h3-24,38-44,46H,25-31H2,1-2H3/t38?,39?,40-,41-,42?,43?,44-/m1/s1. The van der Waals surface area contributed by atoms with Crippen LogP contribution in [0.25, 0.3) is 10.8 Å². The first-order chi connectivity index (χ1) is 26.4. The Morgan fingerprint density at radius 2 is 1.19 bits per heavy atom. The fourth-order valence-corrected chi connectivity index (χ4v) is 6.83. The van der Waals surface area contributed by atoms with Crippen molar-refractivity contribution in [3.63, 3.8) is 0 Å². The third-order valence-corrected chi connectivity index (χ3v) is 9.73. The van der Waals surface area contributed by atoms with Gasteiger partial charge in [0.15, 0.2) is 12.1 Å². The van der Waals surface area contributed by atoms with Gasteiger partial charge in [-0.25, -0.2) is 0 Å². The molecule has 0 spiro atoms. The zero-order valence-electron chi connectivity index (χ0n) is 30.9. The predicted octanol–water partition coefficient (Wildman–Crippen LogP) is 7.37. The van der Waals surface area contributed by atoms with Gasteiger partial charge < -0.3 is 43.0 Å². The molecule has 5 aromatic carbocycles. The number of aliphatic hydroxyl groups excluding tert-OH is 1. The lowest BCUT2D eigenvalue weighted by atomic mass is 10.1. The highest BCUT2D eigenvalue weighted by molar-refractivity contribution is 5.82. The Hall–Kier alpha value is -4.00. The Bertz CT molecular complexity index is 1860. The fraction of sp³-hybridized carbons (Fsp3) is 0.378. The number of hydrogen-bond donors (Lipinski definition) is 1.